The second-order valence-corrected chi connectivity index (χ2v) is 9.02. The minimum Gasteiger partial charge on any atom is -0.410 e. The molecule has 3 aromatic heterocycles. The fraction of sp³-hybridized carbons (Fsp3) is 0.333. The van der Waals surface area contributed by atoms with Crippen molar-refractivity contribution in [2.24, 2.45) is 0 Å². The van der Waals surface area contributed by atoms with E-state index in [2.05, 4.69) is 24.9 Å². The third-order valence-corrected chi connectivity index (χ3v) is 6.74. The predicted octanol–water partition coefficient (Wildman–Crippen LogP) is 3.53. The Balaban J connectivity index is 1.28. The molecule has 36 heavy (non-hydrogen) atoms. The number of carbonyl (C=O) groups is 1. The molecule has 184 valence electrons. The van der Waals surface area contributed by atoms with Gasteiger partial charge in [-0.1, -0.05) is 6.07 Å². The number of fused-ring (bicyclic) bond motifs is 2. The molecule has 9 heteroatoms. The first-order valence-electron chi connectivity index (χ1n) is 12.4. The van der Waals surface area contributed by atoms with Crippen molar-refractivity contribution in [2.75, 3.05) is 39.4 Å². The predicted molar refractivity (Wildman–Crippen MR) is 136 cm³/mol. The van der Waals surface area contributed by atoms with Crippen LogP contribution in [0.3, 0.4) is 0 Å². The summed E-state index contributed by atoms with van der Waals surface area (Å²) in [6.07, 6.45) is 5.17. The summed E-state index contributed by atoms with van der Waals surface area (Å²) in [7, 11) is 0. The van der Waals surface area contributed by atoms with Crippen molar-refractivity contribution >= 4 is 17.0 Å². The number of rotatable bonds is 6. The SMILES string of the molecule is O=C(NCCN1CCOCC1)Oc1ccc2nccc(-c3c(-c4ccccn4)nn4c3CCC4)c2c1. The zero-order valence-electron chi connectivity index (χ0n) is 20.0. The van der Waals surface area contributed by atoms with E-state index in [-0.39, 0.29) is 0 Å². The van der Waals surface area contributed by atoms with Crippen LogP contribution in [0.15, 0.2) is 54.9 Å². The number of hydrogen-bond donors (Lipinski definition) is 1. The normalized spacial score (nSPS) is 15.7. The zero-order valence-corrected chi connectivity index (χ0v) is 20.0. The van der Waals surface area contributed by atoms with Crippen molar-refractivity contribution in [3.63, 3.8) is 0 Å². The van der Waals surface area contributed by atoms with Crippen LogP contribution >= 0.6 is 0 Å². The number of carbonyl (C=O) groups excluding carboxylic acids is 1. The van der Waals surface area contributed by atoms with Gasteiger partial charge in [0.2, 0.25) is 0 Å². The van der Waals surface area contributed by atoms with Gasteiger partial charge in [-0.15, -0.1) is 0 Å². The third-order valence-electron chi connectivity index (χ3n) is 6.74. The van der Waals surface area contributed by atoms with E-state index in [4.69, 9.17) is 14.6 Å². The molecule has 0 bridgehead atoms. The molecule has 0 radical (unpaired) electrons. The molecule has 5 heterocycles. The summed E-state index contributed by atoms with van der Waals surface area (Å²) in [5.74, 6) is 0.476. The summed E-state index contributed by atoms with van der Waals surface area (Å²) in [6, 6.07) is 13.4. The summed E-state index contributed by atoms with van der Waals surface area (Å²) in [4.78, 5) is 23.9. The first-order valence-corrected chi connectivity index (χ1v) is 12.4. The molecule has 9 nitrogen and oxygen atoms in total. The number of nitrogens with zero attached hydrogens (tertiary/aromatic N) is 5. The lowest BCUT2D eigenvalue weighted by Crippen LogP contribution is -2.41. The van der Waals surface area contributed by atoms with E-state index < -0.39 is 6.09 Å². The summed E-state index contributed by atoms with van der Waals surface area (Å²) < 4.78 is 13.1. The summed E-state index contributed by atoms with van der Waals surface area (Å²) in [5, 5.41) is 8.68. The van der Waals surface area contributed by atoms with Gasteiger partial charge in [0.1, 0.15) is 11.4 Å². The van der Waals surface area contributed by atoms with Crippen molar-refractivity contribution in [3.05, 3.63) is 60.6 Å². The Labute approximate surface area is 209 Å². The van der Waals surface area contributed by atoms with Gasteiger partial charge in [-0.3, -0.25) is 19.5 Å². The lowest BCUT2D eigenvalue weighted by atomic mass is 9.96. The van der Waals surface area contributed by atoms with E-state index >= 15 is 0 Å². The number of pyridine rings is 2. The van der Waals surface area contributed by atoms with E-state index in [1.807, 2.05) is 42.6 Å². The summed E-state index contributed by atoms with van der Waals surface area (Å²) in [6.45, 7) is 5.44. The van der Waals surface area contributed by atoms with Gasteiger partial charge in [0, 0.05) is 61.8 Å². The first-order chi connectivity index (χ1) is 17.8. The van der Waals surface area contributed by atoms with E-state index in [9.17, 15) is 4.79 Å². The standard InChI is InChI=1S/C27H28N6O3/c34-27(30-11-13-32-14-16-35-17-15-32)36-19-6-7-22-21(18-19)20(8-10-29-22)25-24-5-3-12-33(24)31-26(25)23-4-1-2-9-28-23/h1-2,4,6-10,18H,3,5,11-17H2,(H,30,34). The minimum absolute atomic E-state index is 0.464. The molecular formula is C27H28N6O3. The molecule has 0 spiro atoms. The number of amides is 1. The maximum absolute atomic E-state index is 12.5. The van der Waals surface area contributed by atoms with Crippen molar-refractivity contribution < 1.29 is 14.3 Å². The van der Waals surface area contributed by atoms with Crippen LogP contribution in [0.1, 0.15) is 12.1 Å². The topological polar surface area (TPSA) is 94.4 Å². The highest BCUT2D eigenvalue weighted by Gasteiger charge is 2.25. The van der Waals surface area contributed by atoms with Gasteiger partial charge < -0.3 is 14.8 Å². The van der Waals surface area contributed by atoms with E-state index in [0.29, 0.717) is 12.3 Å². The van der Waals surface area contributed by atoms with Gasteiger partial charge in [0.05, 0.1) is 24.4 Å². The van der Waals surface area contributed by atoms with E-state index in [1.54, 1.807) is 12.3 Å². The smallest absolute Gasteiger partial charge is 0.410 e. The zero-order chi connectivity index (χ0) is 24.3. The van der Waals surface area contributed by atoms with Crippen LogP contribution in [-0.2, 0) is 17.7 Å². The number of benzene rings is 1. The largest absolute Gasteiger partial charge is 0.412 e. The van der Waals surface area contributed by atoms with Crippen LogP contribution in [0.4, 0.5) is 4.79 Å². The van der Waals surface area contributed by atoms with Crippen LogP contribution in [0, 0.1) is 0 Å². The van der Waals surface area contributed by atoms with Crippen LogP contribution in [0.25, 0.3) is 33.4 Å². The molecule has 1 saturated heterocycles. The molecule has 0 unspecified atom stereocenters. The molecule has 2 aliphatic heterocycles. The average Bonchev–Trinajstić information content (AvgIpc) is 3.51. The second kappa shape index (κ2) is 10.0. The summed E-state index contributed by atoms with van der Waals surface area (Å²) in [5.41, 5.74) is 5.83. The van der Waals surface area contributed by atoms with E-state index in [0.717, 1.165) is 85.7 Å². The molecule has 2 aliphatic rings. The Morgan fingerprint density at radius 1 is 1.06 bits per heavy atom. The fourth-order valence-electron chi connectivity index (χ4n) is 4.99. The van der Waals surface area contributed by atoms with Gasteiger partial charge in [-0.2, -0.15) is 5.10 Å². The molecule has 1 fully saturated rings. The highest BCUT2D eigenvalue weighted by Crippen LogP contribution is 2.40. The fourth-order valence-corrected chi connectivity index (χ4v) is 4.99. The van der Waals surface area contributed by atoms with Gasteiger partial charge >= 0.3 is 6.09 Å². The average molecular weight is 485 g/mol. The molecule has 0 saturated carbocycles. The molecule has 6 rings (SSSR count). The number of nitrogens with one attached hydrogen (secondary N) is 1. The first kappa shape index (κ1) is 22.6. The van der Waals surface area contributed by atoms with Crippen LogP contribution < -0.4 is 10.1 Å². The highest BCUT2D eigenvalue weighted by molar-refractivity contribution is 5.99. The maximum Gasteiger partial charge on any atom is 0.412 e. The number of ether oxygens (including phenoxy) is 2. The van der Waals surface area contributed by atoms with Gasteiger partial charge in [0.25, 0.3) is 0 Å². The minimum atomic E-state index is -0.464. The molecule has 1 N–H and O–H groups in total. The lowest BCUT2D eigenvalue weighted by Gasteiger charge is -2.26. The molecule has 1 amide bonds. The molecule has 1 aromatic carbocycles. The van der Waals surface area contributed by atoms with Crippen molar-refractivity contribution in [1.82, 2.24) is 30.0 Å². The number of aromatic nitrogens is 4. The van der Waals surface area contributed by atoms with E-state index in [1.165, 1.54) is 5.69 Å². The van der Waals surface area contributed by atoms with Crippen molar-refractivity contribution in [2.45, 2.75) is 19.4 Å². The highest BCUT2D eigenvalue weighted by atomic mass is 16.6. The quantitative estimate of drug-likeness (QED) is 0.447. The Hall–Kier alpha value is -3.82. The molecule has 0 atom stereocenters. The van der Waals surface area contributed by atoms with Gasteiger partial charge in [0.15, 0.2) is 0 Å². The molecule has 4 aromatic rings. The Morgan fingerprint density at radius 3 is 2.83 bits per heavy atom. The third kappa shape index (κ3) is 4.55. The van der Waals surface area contributed by atoms with Crippen molar-refractivity contribution in [1.29, 1.82) is 0 Å². The Bertz CT molecular complexity index is 1380. The van der Waals surface area contributed by atoms with Crippen LogP contribution in [0.2, 0.25) is 0 Å². The Kier molecular flexibility index (Phi) is 6.31. The number of hydrogen-bond acceptors (Lipinski definition) is 7. The van der Waals surface area contributed by atoms with Crippen LogP contribution in [0.5, 0.6) is 5.75 Å². The van der Waals surface area contributed by atoms with Gasteiger partial charge in [-0.25, -0.2) is 4.79 Å². The number of aryl methyl sites for hydroxylation is 1. The second-order valence-electron chi connectivity index (χ2n) is 9.02. The van der Waals surface area contributed by atoms with Crippen molar-refractivity contribution in [3.8, 4) is 28.3 Å². The molecular weight excluding hydrogens is 456 g/mol. The van der Waals surface area contributed by atoms with Crippen LogP contribution in [-0.4, -0.2) is 70.1 Å². The monoisotopic (exact) mass is 484 g/mol. The Morgan fingerprint density at radius 2 is 1.97 bits per heavy atom. The molecule has 0 aliphatic carbocycles. The lowest BCUT2D eigenvalue weighted by molar-refractivity contribution is 0.0385. The number of morpholine rings is 1. The van der Waals surface area contributed by atoms with Gasteiger partial charge in [-0.05, 0) is 54.8 Å². The maximum atomic E-state index is 12.5. The summed E-state index contributed by atoms with van der Waals surface area (Å²) >= 11 is 0.